The molecular formula is C13H13Cl2N5. The fourth-order valence-corrected chi connectivity index (χ4v) is 2.63. The highest BCUT2D eigenvalue weighted by atomic mass is 35.5. The molecule has 3 aromatic rings. The van der Waals surface area contributed by atoms with Crippen LogP contribution in [-0.2, 0) is 19.5 Å². The predicted molar refractivity (Wildman–Crippen MR) is 79.1 cm³/mol. The van der Waals surface area contributed by atoms with Gasteiger partial charge in [-0.2, -0.15) is 5.10 Å². The van der Waals surface area contributed by atoms with Crippen molar-refractivity contribution in [3.8, 4) is 0 Å². The van der Waals surface area contributed by atoms with E-state index in [-0.39, 0.29) is 0 Å². The van der Waals surface area contributed by atoms with Gasteiger partial charge in [0, 0.05) is 25.0 Å². The van der Waals surface area contributed by atoms with Gasteiger partial charge in [0.05, 0.1) is 23.1 Å². The summed E-state index contributed by atoms with van der Waals surface area (Å²) >= 11 is 11.9. The first-order chi connectivity index (χ1) is 9.58. The first kappa shape index (κ1) is 13.4. The number of alkyl halides is 1. The summed E-state index contributed by atoms with van der Waals surface area (Å²) in [4.78, 5) is 8.85. The Hall–Kier alpha value is -1.59. The van der Waals surface area contributed by atoms with E-state index in [9.17, 15) is 0 Å². The number of rotatable bonds is 3. The number of pyridine rings is 1. The molecule has 3 rings (SSSR count). The highest BCUT2D eigenvalue weighted by molar-refractivity contribution is 6.31. The minimum atomic E-state index is 0.327. The van der Waals surface area contributed by atoms with Crippen LogP contribution >= 0.6 is 23.2 Å². The lowest BCUT2D eigenvalue weighted by molar-refractivity contribution is 0.753. The quantitative estimate of drug-likeness (QED) is 0.699. The summed E-state index contributed by atoms with van der Waals surface area (Å²) in [6.07, 6.45) is 3.62. The Balaban J connectivity index is 2.12. The molecule has 0 atom stereocenters. The van der Waals surface area contributed by atoms with Gasteiger partial charge < -0.3 is 4.57 Å². The second-order valence-corrected chi connectivity index (χ2v) is 5.36. The minimum Gasteiger partial charge on any atom is -0.307 e. The average Bonchev–Trinajstić information content (AvgIpc) is 2.90. The molecule has 104 valence electrons. The van der Waals surface area contributed by atoms with Crippen LogP contribution in [0.25, 0.3) is 11.2 Å². The third-order valence-electron chi connectivity index (χ3n) is 3.19. The van der Waals surface area contributed by atoms with Gasteiger partial charge in [-0.3, -0.25) is 4.68 Å². The first-order valence-electron chi connectivity index (χ1n) is 6.14. The molecule has 0 aliphatic rings. The summed E-state index contributed by atoms with van der Waals surface area (Å²) in [5.74, 6) is 1.10. The molecule has 0 fully saturated rings. The van der Waals surface area contributed by atoms with E-state index in [0.717, 1.165) is 28.2 Å². The van der Waals surface area contributed by atoms with E-state index in [1.807, 2.05) is 24.7 Å². The van der Waals surface area contributed by atoms with E-state index in [2.05, 4.69) is 15.1 Å². The number of nitrogens with zero attached hydrogens (tertiary/aromatic N) is 5. The lowest BCUT2D eigenvalue weighted by Gasteiger charge is -2.06. The van der Waals surface area contributed by atoms with Gasteiger partial charge in [-0.15, -0.1) is 11.6 Å². The van der Waals surface area contributed by atoms with Crippen molar-refractivity contribution in [2.24, 2.45) is 7.05 Å². The Bertz CT molecular complexity index is 775. The maximum atomic E-state index is 5.99. The van der Waals surface area contributed by atoms with E-state index < -0.39 is 0 Å². The van der Waals surface area contributed by atoms with Crippen molar-refractivity contribution in [3.05, 3.63) is 40.6 Å². The summed E-state index contributed by atoms with van der Waals surface area (Å²) in [7, 11) is 1.91. The number of aryl methyl sites for hydroxylation is 2. The SMILES string of the molecule is Cc1nn(C)cc1Cn1c(CCl)nc2cc(Cl)cnc21. The summed E-state index contributed by atoms with van der Waals surface area (Å²) in [6, 6.07) is 1.80. The third kappa shape index (κ3) is 2.27. The number of hydrogen-bond acceptors (Lipinski definition) is 3. The van der Waals surface area contributed by atoms with Gasteiger partial charge in [0.2, 0.25) is 0 Å². The predicted octanol–water partition coefficient (Wildman–Crippen LogP) is 2.91. The van der Waals surface area contributed by atoms with Crippen LogP contribution in [0.1, 0.15) is 17.1 Å². The molecule has 0 saturated carbocycles. The monoisotopic (exact) mass is 309 g/mol. The summed E-state index contributed by atoms with van der Waals surface area (Å²) in [6.45, 7) is 2.63. The van der Waals surface area contributed by atoms with Gasteiger partial charge in [0.15, 0.2) is 5.65 Å². The van der Waals surface area contributed by atoms with Crippen LogP contribution in [0.5, 0.6) is 0 Å². The molecule has 0 aliphatic heterocycles. The van der Waals surface area contributed by atoms with Gasteiger partial charge in [-0.25, -0.2) is 9.97 Å². The lowest BCUT2D eigenvalue weighted by atomic mass is 10.2. The Morgan fingerprint density at radius 2 is 2.15 bits per heavy atom. The molecule has 0 radical (unpaired) electrons. The number of hydrogen-bond donors (Lipinski definition) is 0. The summed E-state index contributed by atoms with van der Waals surface area (Å²) in [5.41, 5.74) is 3.65. The van der Waals surface area contributed by atoms with E-state index >= 15 is 0 Å². The van der Waals surface area contributed by atoms with E-state index in [1.54, 1.807) is 16.9 Å². The molecular weight excluding hydrogens is 297 g/mol. The number of aromatic nitrogens is 5. The molecule has 3 heterocycles. The zero-order valence-electron chi connectivity index (χ0n) is 11.1. The lowest BCUT2D eigenvalue weighted by Crippen LogP contribution is -2.05. The first-order valence-corrected chi connectivity index (χ1v) is 7.05. The molecule has 0 saturated heterocycles. The largest absolute Gasteiger partial charge is 0.307 e. The van der Waals surface area contributed by atoms with Gasteiger partial charge in [-0.1, -0.05) is 11.6 Å². The van der Waals surface area contributed by atoms with Crippen LogP contribution in [0.4, 0.5) is 0 Å². The average molecular weight is 310 g/mol. The normalized spacial score (nSPS) is 11.4. The summed E-state index contributed by atoms with van der Waals surface area (Å²) in [5, 5.41) is 4.92. The fourth-order valence-electron chi connectivity index (χ4n) is 2.28. The van der Waals surface area contributed by atoms with Gasteiger partial charge >= 0.3 is 0 Å². The van der Waals surface area contributed by atoms with Crippen molar-refractivity contribution in [3.63, 3.8) is 0 Å². The van der Waals surface area contributed by atoms with Gasteiger partial charge in [0.25, 0.3) is 0 Å². The zero-order chi connectivity index (χ0) is 14.3. The molecule has 0 amide bonds. The van der Waals surface area contributed by atoms with Crippen LogP contribution in [0.15, 0.2) is 18.5 Å². The smallest absolute Gasteiger partial charge is 0.160 e. The van der Waals surface area contributed by atoms with E-state index in [1.165, 1.54) is 0 Å². The topological polar surface area (TPSA) is 48.5 Å². The Kier molecular flexibility index (Phi) is 3.40. The zero-order valence-corrected chi connectivity index (χ0v) is 12.7. The van der Waals surface area contributed by atoms with Crippen LogP contribution in [0, 0.1) is 6.92 Å². The number of imidazole rings is 1. The molecule has 0 aromatic carbocycles. The molecule has 0 unspecified atom stereocenters. The molecule has 3 aromatic heterocycles. The Morgan fingerprint density at radius 1 is 1.35 bits per heavy atom. The third-order valence-corrected chi connectivity index (χ3v) is 3.64. The fraction of sp³-hybridized carbons (Fsp3) is 0.308. The maximum Gasteiger partial charge on any atom is 0.160 e. The van der Waals surface area contributed by atoms with Gasteiger partial charge in [0.1, 0.15) is 11.3 Å². The van der Waals surface area contributed by atoms with Crippen molar-refractivity contribution in [2.75, 3.05) is 0 Å². The Labute approximate surface area is 126 Å². The van der Waals surface area contributed by atoms with Crippen LogP contribution < -0.4 is 0 Å². The standard InChI is InChI=1S/C13H13Cl2N5/c1-8-9(6-19(2)18-8)7-20-12(4-14)17-11-3-10(15)5-16-13(11)20/h3,5-6H,4,7H2,1-2H3. The van der Waals surface area contributed by atoms with Crippen LogP contribution in [0.3, 0.4) is 0 Å². The number of halogens is 2. The van der Waals surface area contributed by atoms with E-state index in [0.29, 0.717) is 17.4 Å². The molecule has 0 N–H and O–H groups in total. The molecule has 0 spiro atoms. The molecule has 7 heteroatoms. The molecule has 5 nitrogen and oxygen atoms in total. The van der Waals surface area contributed by atoms with Crippen molar-refractivity contribution in [1.29, 1.82) is 0 Å². The molecule has 20 heavy (non-hydrogen) atoms. The number of fused-ring (bicyclic) bond motifs is 1. The van der Waals surface area contributed by atoms with Gasteiger partial charge in [-0.05, 0) is 13.0 Å². The second kappa shape index (κ2) is 5.07. The second-order valence-electron chi connectivity index (χ2n) is 4.66. The minimum absolute atomic E-state index is 0.327. The summed E-state index contributed by atoms with van der Waals surface area (Å²) < 4.78 is 3.80. The maximum absolute atomic E-state index is 5.99. The Morgan fingerprint density at radius 3 is 2.80 bits per heavy atom. The highest BCUT2D eigenvalue weighted by Crippen LogP contribution is 2.21. The van der Waals surface area contributed by atoms with Crippen molar-refractivity contribution < 1.29 is 0 Å². The van der Waals surface area contributed by atoms with Crippen molar-refractivity contribution in [1.82, 2.24) is 24.3 Å². The molecule has 0 aliphatic carbocycles. The van der Waals surface area contributed by atoms with Crippen molar-refractivity contribution in [2.45, 2.75) is 19.3 Å². The van der Waals surface area contributed by atoms with Crippen LogP contribution in [-0.4, -0.2) is 24.3 Å². The van der Waals surface area contributed by atoms with Crippen LogP contribution in [0.2, 0.25) is 5.02 Å². The van der Waals surface area contributed by atoms with Crippen molar-refractivity contribution >= 4 is 34.4 Å². The molecule has 0 bridgehead atoms. The van der Waals surface area contributed by atoms with E-state index in [4.69, 9.17) is 23.2 Å². The highest BCUT2D eigenvalue weighted by Gasteiger charge is 2.14.